The van der Waals surface area contributed by atoms with Crippen molar-refractivity contribution >= 4 is 29.2 Å². The van der Waals surface area contributed by atoms with E-state index in [1.165, 1.54) is 5.56 Å². The SMILES string of the molecule is CCc1ccc(OC)c(/C=C2/N=C(c3cccs3)NC2=O)c1. The summed E-state index contributed by atoms with van der Waals surface area (Å²) < 4.78 is 5.37. The van der Waals surface area contributed by atoms with E-state index in [1.807, 2.05) is 35.7 Å². The summed E-state index contributed by atoms with van der Waals surface area (Å²) in [5.41, 5.74) is 2.45. The van der Waals surface area contributed by atoms with Gasteiger partial charge in [-0.05, 0) is 41.6 Å². The number of aliphatic imine (C=N–C) groups is 1. The van der Waals surface area contributed by atoms with Crippen LogP contribution in [0.4, 0.5) is 0 Å². The highest BCUT2D eigenvalue weighted by Gasteiger charge is 2.22. The monoisotopic (exact) mass is 312 g/mol. The van der Waals surface area contributed by atoms with Gasteiger partial charge in [-0.15, -0.1) is 11.3 Å². The van der Waals surface area contributed by atoms with Crippen molar-refractivity contribution in [2.45, 2.75) is 13.3 Å². The zero-order valence-electron chi connectivity index (χ0n) is 12.4. The first-order chi connectivity index (χ1) is 10.7. The van der Waals surface area contributed by atoms with Crippen molar-refractivity contribution in [3.05, 3.63) is 57.4 Å². The highest BCUT2D eigenvalue weighted by atomic mass is 32.1. The van der Waals surface area contributed by atoms with Crippen LogP contribution in [0.15, 0.2) is 46.4 Å². The fraction of sp³-hybridized carbons (Fsp3) is 0.176. The summed E-state index contributed by atoms with van der Waals surface area (Å²) >= 11 is 1.55. The molecule has 2 heterocycles. The number of nitrogens with one attached hydrogen (secondary N) is 1. The lowest BCUT2D eigenvalue weighted by atomic mass is 10.1. The summed E-state index contributed by atoms with van der Waals surface area (Å²) in [6.07, 6.45) is 2.70. The Bertz CT molecular complexity index is 761. The fourth-order valence-corrected chi connectivity index (χ4v) is 2.93. The lowest BCUT2D eigenvalue weighted by Gasteiger charge is -2.07. The second kappa shape index (κ2) is 6.15. The molecule has 0 fully saturated rings. The second-order valence-corrected chi connectivity index (χ2v) is 5.80. The zero-order chi connectivity index (χ0) is 15.5. The highest BCUT2D eigenvalue weighted by Crippen LogP contribution is 2.25. The molecule has 3 rings (SSSR count). The van der Waals surface area contributed by atoms with Crippen molar-refractivity contribution in [3.63, 3.8) is 0 Å². The van der Waals surface area contributed by atoms with Crippen LogP contribution in [0.3, 0.4) is 0 Å². The predicted octanol–water partition coefficient (Wildman–Crippen LogP) is 3.24. The number of methoxy groups -OCH3 is 1. The number of rotatable bonds is 4. The molecule has 1 N–H and O–H groups in total. The number of hydrogen-bond acceptors (Lipinski definition) is 4. The molecule has 0 aliphatic carbocycles. The lowest BCUT2D eigenvalue weighted by Crippen LogP contribution is -2.23. The van der Waals surface area contributed by atoms with Crippen molar-refractivity contribution < 1.29 is 9.53 Å². The van der Waals surface area contributed by atoms with Gasteiger partial charge in [-0.25, -0.2) is 4.99 Å². The summed E-state index contributed by atoms with van der Waals surface area (Å²) in [6.45, 7) is 2.09. The Labute approximate surface area is 133 Å². The van der Waals surface area contributed by atoms with Gasteiger partial charge in [0.15, 0.2) is 5.84 Å². The van der Waals surface area contributed by atoms with Crippen molar-refractivity contribution in [2.24, 2.45) is 4.99 Å². The topological polar surface area (TPSA) is 50.7 Å². The van der Waals surface area contributed by atoms with Crippen LogP contribution in [0.5, 0.6) is 5.75 Å². The molecule has 112 valence electrons. The summed E-state index contributed by atoms with van der Waals surface area (Å²) in [7, 11) is 1.62. The third-order valence-corrected chi connectivity index (χ3v) is 4.32. The average molecular weight is 312 g/mol. The van der Waals surface area contributed by atoms with Crippen LogP contribution in [0.25, 0.3) is 6.08 Å². The minimum Gasteiger partial charge on any atom is -0.496 e. The number of thiophene rings is 1. The molecule has 0 unspecified atom stereocenters. The maximum Gasteiger partial charge on any atom is 0.275 e. The van der Waals surface area contributed by atoms with Crippen molar-refractivity contribution in [3.8, 4) is 5.75 Å². The van der Waals surface area contributed by atoms with E-state index in [4.69, 9.17) is 4.74 Å². The normalized spacial score (nSPS) is 15.8. The molecule has 0 spiro atoms. The lowest BCUT2D eigenvalue weighted by molar-refractivity contribution is -0.115. The molecule has 0 saturated heterocycles. The Morgan fingerprint density at radius 3 is 2.91 bits per heavy atom. The maximum absolute atomic E-state index is 12.1. The van der Waals surface area contributed by atoms with Gasteiger partial charge in [-0.3, -0.25) is 4.79 Å². The minimum atomic E-state index is -0.188. The summed E-state index contributed by atoms with van der Waals surface area (Å²) in [4.78, 5) is 17.5. The number of ether oxygens (including phenoxy) is 1. The smallest absolute Gasteiger partial charge is 0.275 e. The third-order valence-electron chi connectivity index (χ3n) is 3.45. The summed E-state index contributed by atoms with van der Waals surface area (Å²) in [5, 5.41) is 4.76. The Balaban J connectivity index is 1.99. The van der Waals surface area contributed by atoms with Gasteiger partial charge in [-0.2, -0.15) is 0 Å². The van der Waals surface area contributed by atoms with Gasteiger partial charge in [0.2, 0.25) is 0 Å². The molecule has 1 aromatic carbocycles. The van der Waals surface area contributed by atoms with E-state index in [9.17, 15) is 4.79 Å². The zero-order valence-corrected chi connectivity index (χ0v) is 13.2. The van der Waals surface area contributed by atoms with Gasteiger partial charge >= 0.3 is 0 Å². The Morgan fingerprint density at radius 2 is 2.23 bits per heavy atom. The molecule has 1 aliphatic rings. The van der Waals surface area contributed by atoms with E-state index in [-0.39, 0.29) is 5.91 Å². The average Bonchev–Trinajstić information content (AvgIpc) is 3.17. The minimum absolute atomic E-state index is 0.188. The predicted molar refractivity (Wildman–Crippen MR) is 89.3 cm³/mol. The van der Waals surface area contributed by atoms with Crippen LogP contribution in [0, 0.1) is 0 Å². The molecule has 1 aliphatic heterocycles. The van der Waals surface area contributed by atoms with E-state index >= 15 is 0 Å². The van der Waals surface area contributed by atoms with Gasteiger partial charge in [0.25, 0.3) is 5.91 Å². The molecular formula is C17H16N2O2S. The van der Waals surface area contributed by atoms with E-state index < -0.39 is 0 Å². The van der Waals surface area contributed by atoms with Crippen LogP contribution in [0.2, 0.25) is 0 Å². The molecular weight excluding hydrogens is 296 g/mol. The van der Waals surface area contributed by atoms with E-state index in [0.717, 1.165) is 22.6 Å². The molecule has 1 aromatic heterocycles. The van der Waals surface area contributed by atoms with Crippen LogP contribution in [-0.4, -0.2) is 18.9 Å². The van der Waals surface area contributed by atoms with Gasteiger partial charge in [0.05, 0.1) is 12.0 Å². The number of benzene rings is 1. The third kappa shape index (κ3) is 2.80. The number of carbonyl (C=O) groups excluding carboxylic acids is 1. The number of amidine groups is 1. The summed E-state index contributed by atoms with van der Waals surface area (Å²) in [5.74, 6) is 1.15. The fourth-order valence-electron chi connectivity index (χ4n) is 2.26. The Hall–Kier alpha value is -2.40. The quantitative estimate of drug-likeness (QED) is 0.881. The van der Waals surface area contributed by atoms with E-state index in [2.05, 4.69) is 17.2 Å². The van der Waals surface area contributed by atoms with E-state index in [0.29, 0.717) is 11.5 Å². The van der Waals surface area contributed by atoms with Gasteiger partial charge in [0, 0.05) is 5.56 Å². The first-order valence-corrected chi connectivity index (χ1v) is 7.91. The number of carbonyl (C=O) groups is 1. The van der Waals surface area contributed by atoms with Crippen LogP contribution >= 0.6 is 11.3 Å². The molecule has 0 saturated carbocycles. The first-order valence-electron chi connectivity index (χ1n) is 7.03. The van der Waals surface area contributed by atoms with Gasteiger partial charge < -0.3 is 10.1 Å². The molecule has 0 bridgehead atoms. The molecule has 22 heavy (non-hydrogen) atoms. The van der Waals surface area contributed by atoms with Crippen molar-refractivity contribution in [1.82, 2.24) is 5.32 Å². The molecule has 1 amide bonds. The number of nitrogens with zero attached hydrogens (tertiary/aromatic N) is 1. The van der Waals surface area contributed by atoms with E-state index in [1.54, 1.807) is 24.5 Å². The molecule has 0 atom stereocenters. The summed E-state index contributed by atoms with van der Waals surface area (Å²) in [6, 6.07) is 9.84. The van der Waals surface area contributed by atoms with Crippen LogP contribution < -0.4 is 10.1 Å². The first kappa shape index (κ1) is 14.5. The maximum atomic E-state index is 12.1. The van der Waals surface area contributed by atoms with Gasteiger partial charge in [-0.1, -0.05) is 19.1 Å². The molecule has 2 aromatic rings. The van der Waals surface area contributed by atoms with Crippen LogP contribution in [0.1, 0.15) is 22.9 Å². The number of hydrogen-bond donors (Lipinski definition) is 1. The van der Waals surface area contributed by atoms with Crippen molar-refractivity contribution in [1.29, 1.82) is 0 Å². The standard InChI is InChI=1S/C17H16N2O2S/c1-3-11-6-7-14(21-2)12(9-11)10-13-17(20)19-16(18-13)15-5-4-8-22-15/h4-10H,3H2,1-2H3,(H,18,19,20)/b13-10+. The molecule has 0 radical (unpaired) electrons. The second-order valence-electron chi connectivity index (χ2n) is 4.85. The molecule has 5 heteroatoms. The van der Waals surface area contributed by atoms with Crippen LogP contribution in [-0.2, 0) is 11.2 Å². The Morgan fingerprint density at radius 1 is 1.36 bits per heavy atom. The van der Waals surface area contributed by atoms with Crippen molar-refractivity contribution in [2.75, 3.05) is 7.11 Å². The number of amides is 1. The Kier molecular flexibility index (Phi) is 4.06. The largest absolute Gasteiger partial charge is 0.496 e. The highest BCUT2D eigenvalue weighted by molar-refractivity contribution is 7.12. The van der Waals surface area contributed by atoms with Gasteiger partial charge in [0.1, 0.15) is 11.4 Å². The molecule has 4 nitrogen and oxygen atoms in total. The number of aryl methyl sites for hydroxylation is 1.